The van der Waals surface area contributed by atoms with Crippen LogP contribution in [-0.4, -0.2) is 25.9 Å². The van der Waals surface area contributed by atoms with E-state index in [2.05, 4.69) is 0 Å². The molecule has 3 heteroatoms. The van der Waals surface area contributed by atoms with Crippen LogP contribution in [0.25, 0.3) is 0 Å². The normalized spacial score (nSPS) is 26.5. The van der Waals surface area contributed by atoms with Crippen molar-refractivity contribution >= 4 is 0 Å². The maximum atomic E-state index is 5.58. The molecule has 0 aliphatic carbocycles. The summed E-state index contributed by atoms with van der Waals surface area (Å²) >= 11 is 0. The predicted molar refractivity (Wildman–Crippen MR) is 56.5 cm³/mol. The fourth-order valence-electron chi connectivity index (χ4n) is 1.62. The zero-order valence-electron chi connectivity index (χ0n) is 8.89. The summed E-state index contributed by atoms with van der Waals surface area (Å²) in [4.78, 5) is 0. The largest absolute Gasteiger partial charge is 0.374 e. The molecule has 0 amide bonds. The van der Waals surface area contributed by atoms with Crippen molar-refractivity contribution in [2.75, 3.05) is 19.8 Å². The topological polar surface area (TPSA) is 27.7 Å². The second kappa shape index (κ2) is 5.26. The van der Waals surface area contributed by atoms with Crippen molar-refractivity contribution in [3.8, 4) is 0 Å². The Balaban J connectivity index is 1.88. The van der Waals surface area contributed by atoms with Gasteiger partial charge in [0, 0.05) is 12.2 Å². The highest BCUT2D eigenvalue weighted by atomic mass is 16.7. The molecule has 0 radical (unpaired) electrons. The van der Waals surface area contributed by atoms with Crippen LogP contribution in [0.5, 0.6) is 0 Å². The highest BCUT2D eigenvalue weighted by molar-refractivity contribution is 5.16. The van der Waals surface area contributed by atoms with Crippen LogP contribution in [0.15, 0.2) is 30.3 Å². The number of hydrogen-bond acceptors (Lipinski definition) is 3. The lowest BCUT2D eigenvalue weighted by atomic mass is 10.2. The summed E-state index contributed by atoms with van der Waals surface area (Å²) < 4.78 is 16.6. The van der Waals surface area contributed by atoms with E-state index < -0.39 is 0 Å². The Hall–Kier alpha value is -0.900. The fraction of sp³-hybridized carbons (Fsp3) is 0.500. The van der Waals surface area contributed by atoms with Gasteiger partial charge in [0.05, 0.1) is 13.2 Å². The maximum Gasteiger partial charge on any atom is 0.184 e. The first kappa shape index (κ1) is 10.6. The van der Waals surface area contributed by atoms with Gasteiger partial charge in [-0.05, 0) is 6.92 Å². The summed E-state index contributed by atoms with van der Waals surface area (Å²) in [5.74, 6) is 0. The van der Waals surface area contributed by atoms with Crippen LogP contribution in [0.1, 0.15) is 18.8 Å². The van der Waals surface area contributed by atoms with Crippen LogP contribution < -0.4 is 0 Å². The Morgan fingerprint density at radius 1 is 1.20 bits per heavy atom. The molecule has 1 fully saturated rings. The molecule has 3 nitrogen and oxygen atoms in total. The third-order valence-electron chi connectivity index (χ3n) is 2.34. The Bertz CT molecular complexity index is 278. The van der Waals surface area contributed by atoms with Crippen molar-refractivity contribution in [1.29, 1.82) is 0 Å². The van der Waals surface area contributed by atoms with Gasteiger partial charge < -0.3 is 14.2 Å². The van der Waals surface area contributed by atoms with Crippen molar-refractivity contribution in [1.82, 2.24) is 0 Å². The molecule has 1 saturated heterocycles. The van der Waals surface area contributed by atoms with Gasteiger partial charge in [0.15, 0.2) is 6.29 Å². The van der Waals surface area contributed by atoms with Crippen LogP contribution >= 0.6 is 0 Å². The molecule has 1 aliphatic rings. The smallest absolute Gasteiger partial charge is 0.184 e. The van der Waals surface area contributed by atoms with Crippen LogP contribution in [0, 0.1) is 0 Å². The summed E-state index contributed by atoms with van der Waals surface area (Å²) in [7, 11) is 0. The summed E-state index contributed by atoms with van der Waals surface area (Å²) in [6, 6.07) is 9.96. The highest BCUT2D eigenvalue weighted by Gasteiger charge is 2.23. The number of benzene rings is 1. The molecular formula is C12H16O3. The Labute approximate surface area is 90.0 Å². The third kappa shape index (κ3) is 2.78. The minimum atomic E-state index is -0.233. The van der Waals surface area contributed by atoms with Gasteiger partial charge >= 0.3 is 0 Å². The molecule has 0 unspecified atom stereocenters. The molecule has 0 spiro atoms. The van der Waals surface area contributed by atoms with Crippen molar-refractivity contribution in [3.63, 3.8) is 0 Å². The molecule has 1 aromatic carbocycles. The van der Waals surface area contributed by atoms with Gasteiger partial charge in [-0.25, -0.2) is 0 Å². The quantitative estimate of drug-likeness (QED) is 0.761. The first-order chi connectivity index (χ1) is 7.40. The minimum absolute atomic E-state index is 0.0787. The van der Waals surface area contributed by atoms with Crippen molar-refractivity contribution in [2.24, 2.45) is 0 Å². The molecule has 0 saturated carbocycles. The molecule has 2 rings (SSSR count). The number of rotatable bonds is 3. The van der Waals surface area contributed by atoms with E-state index in [0.717, 1.165) is 5.56 Å². The maximum absolute atomic E-state index is 5.58. The standard InChI is InChI=1S/C12H16O3/c1-2-13-11-8-14-12(15-9-11)10-6-4-3-5-7-10/h3-7,11-12H,2,8-9H2,1H3. The second-order valence-electron chi connectivity index (χ2n) is 3.49. The van der Waals surface area contributed by atoms with Gasteiger partial charge in [0.1, 0.15) is 6.10 Å². The Kier molecular flexibility index (Phi) is 3.72. The van der Waals surface area contributed by atoms with Gasteiger partial charge in [-0.1, -0.05) is 30.3 Å². The number of hydrogen-bond donors (Lipinski definition) is 0. The van der Waals surface area contributed by atoms with E-state index in [1.54, 1.807) is 0 Å². The van der Waals surface area contributed by atoms with Crippen LogP contribution in [0.3, 0.4) is 0 Å². The Morgan fingerprint density at radius 3 is 2.47 bits per heavy atom. The highest BCUT2D eigenvalue weighted by Crippen LogP contribution is 2.23. The molecule has 1 aliphatic heterocycles. The van der Waals surface area contributed by atoms with Gasteiger partial charge in [0.25, 0.3) is 0 Å². The lowest BCUT2D eigenvalue weighted by molar-refractivity contribution is -0.229. The first-order valence-corrected chi connectivity index (χ1v) is 5.30. The van der Waals surface area contributed by atoms with Crippen LogP contribution in [0.2, 0.25) is 0 Å². The number of ether oxygens (including phenoxy) is 3. The lowest BCUT2D eigenvalue weighted by Crippen LogP contribution is -2.33. The second-order valence-corrected chi connectivity index (χ2v) is 3.49. The average Bonchev–Trinajstić information content (AvgIpc) is 2.32. The molecule has 1 aromatic rings. The molecule has 1 heterocycles. The predicted octanol–water partition coefficient (Wildman–Crippen LogP) is 2.14. The third-order valence-corrected chi connectivity index (χ3v) is 2.34. The van der Waals surface area contributed by atoms with E-state index in [1.807, 2.05) is 37.3 Å². The summed E-state index contributed by atoms with van der Waals surface area (Å²) in [6.07, 6.45) is -0.155. The molecule has 0 N–H and O–H groups in total. The molecule has 0 aromatic heterocycles. The van der Waals surface area contributed by atoms with Gasteiger partial charge in [-0.2, -0.15) is 0 Å². The van der Waals surface area contributed by atoms with Crippen LogP contribution in [0.4, 0.5) is 0 Å². The van der Waals surface area contributed by atoms with Crippen LogP contribution in [-0.2, 0) is 14.2 Å². The molecule has 0 bridgehead atoms. The minimum Gasteiger partial charge on any atom is -0.374 e. The van der Waals surface area contributed by atoms with Gasteiger partial charge in [0.2, 0.25) is 0 Å². The van der Waals surface area contributed by atoms with E-state index in [0.29, 0.717) is 19.8 Å². The zero-order chi connectivity index (χ0) is 10.5. The van der Waals surface area contributed by atoms with Crippen molar-refractivity contribution in [2.45, 2.75) is 19.3 Å². The lowest BCUT2D eigenvalue weighted by Gasteiger charge is -2.29. The van der Waals surface area contributed by atoms with E-state index in [-0.39, 0.29) is 12.4 Å². The van der Waals surface area contributed by atoms with Crippen molar-refractivity contribution in [3.05, 3.63) is 35.9 Å². The average molecular weight is 208 g/mol. The SMILES string of the molecule is CCOC1COC(c2ccccc2)OC1. The van der Waals surface area contributed by atoms with E-state index >= 15 is 0 Å². The first-order valence-electron chi connectivity index (χ1n) is 5.30. The summed E-state index contributed by atoms with van der Waals surface area (Å²) in [5.41, 5.74) is 1.06. The molecule has 15 heavy (non-hydrogen) atoms. The van der Waals surface area contributed by atoms with Gasteiger partial charge in [-0.3, -0.25) is 0 Å². The Morgan fingerprint density at radius 2 is 1.87 bits per heavy atom. The van der Waals surface area contributed by atoms with Crippen molar-refractivity contribution < 1.29 is 14.2 Å². The fourth-order valence-corrected chi connectivity index (χ4v) is 1.62. The summed E-state index contributed by atoms with van der Waals surface area (Å²) in [6.45, 7) is 3.89. The molecule has 82 valence electrons. The molecule has 0 atom stereocenters. The van der Waals surface area contributed by atoms with E-state index in [1.165, 1.54) is 0 Å². The van der Waals surface area contributed by atoms with E-state index in [9.17, 15) is 0 Å². The van der Waals surface area contributed by atoms with Gasteiger partial charge in [-0.15, -0.1) is 0 Å². The monoisotopic (exact) mass is 208 g/mol. The van der Waals surface area contributed by atoms with E-state index in [4.69, 9.17) is 14.2 Å². The molecular weight excluding hydrogens is 192 g/mol. The summed E-state index contributed by atoms with van der Waals surface area (Å²) in [5, 5.41) is 0. The zero-order valence-corrected chi connectivity index (χ0v) is 8.89.